The number of guanidine groups is 1. The van der Waals surface area contributed by atoms with E-state index in [4.69, 9.17) is 16.9 Å². The number of esters is 2. The maximum absolute atomic E-state index is 14.1. The predicted molar refractivity (Wildman–Crippen MR) is 246 cm³/mol. The SMILES string of the molecule is CC(C)C[C@H](NC(=O)[C@@H](N)[C@H](O)C(C)C)C(=O)N[C@H](CCCNC(=N)N)C(=O)N[C@@H](Cc1ccccc1)C(=O)N[C@H](C(=O)NCC(=O)N[C@@H](COC(=O)C(F)(F)F)C(=O)N[C@@H](COC(=O)C(F)(F)F)C(=O)O)[C@H](C)O. The largest absolute Gasteiger partial charge is 0.490 e. The lowest BCUT2D eigenvalue weighted by molar-refractivity contribution is -0.201. The molecule has 1 aromatic carbocycles. The highest BCUT2D eigenvalue weighted by atomic mass is 19.4. The molecule has 0 aliphatic heterocycles. The van der Waals surface area contributed by atoms with Crippen LogP contribution in [-0.4, -0.2) is 174 Å². The molecule has 1 rings (SSSR count). The summed E-state index contributed by atoms with van der Waals surface area (Å²) in [5.41, 5.74) is 11.8. The Hall–Kier alpha value is -7.35. The van der Waals surface area contributed by atoms with Crippen molar-refractivity contribution in [3.05, 3.63) is 35.9 Å². The Bertz CT molecular complexity index is 2150. The molecule has 0 aliphatic rings. The summed E-state index contributed by atoms with van der Waals surface area (Å²) in [6.45, 7) is 3.08. The Balaban J connectivity index is 3.45. The number of hydrogen-bond acceptors (Lipinski definition) is 16. The van der Waals surface area contributed by atoms with E-state index in [0.717, 1.165) is 6.92 Å². The normalized spacial score (nSPS) is 15.1. The van der Waals surface area contributed by atoms with E-state index < -0.39 is 158 Å². The molecule has 0 aliphatic carbocycles. The average Bonchev–Trinajstić information content (AvgIpc) is 3.31. The van der Waals surface area contributed by atoms with Crippen LogP contribution in [0.3, 0.4) is 0 Å². The van der Waals surface area contributed by atoms with E-state index in [-0.39, 0.29) is 38.1 Å². The second-order valence-electron chi connectivity index (χ2n) is 17.4. The minimum Gasteiger partial charge on any atom is -0.480 e. The van der Waals surface area contributed by atoms with E-state index >= 15 is 0 Å². The monoisotopic (exact) mass is 1090 g/mol. The van der Waals surface area contributed by atoms with E-state index in [9.17, 15) is 89.6 Å². The molecule has 32 heteroatoms. The van der Waals surface area contributed by atoms with Crippen molar-refractivity contribution < 1.29 is 99.1 Å². The summed E-state index contributed by atoms with van der Waals surface area (Å²) >= 11 is 0. The topological polar surface area (TPSA) is 422 Å². The van der Waals surface area contributed by atoms with Crippen molar-refractivity contribution in [2.24, 2.45) is 23.3 Å². The summed E-state index contributed by atoms with van der Waals surface area (Å²) in [6, 6.07) is -4.92. The third kappa shape index (κ3) is 24.5. The first-order chi connectivity index (χ1) is 34.6. The fourth-order valence-electron chi connectivity index (χ4n) is 6.24. The number of alkyl halides is 6. The number of aliphatic hydroxyl groups is 2. The van der Waals surface area contributed by atoms with Crippen LogP contribution in [0, 0.1) is 17.2 Å². The molecule has 9 atom stereocenters. The molecule has 0 aromatic heterocycles. The lowest BCUT2D eigenvalue weighted by Gasteiger charge is -2.28. The number of carboxylic acid groups (broad SMARTS) is 1. The second-order valence-corrected chi connectivity index (χ2v) is 17.4. The van der Waals surface area contributed by atoms with Crippen molar-refractivity contribution in [1.82, 2.24) is 42.5 Å². The van der Waals surface area contributed by atoms with Gasteiger partial charge < -0.3 is 78.8 Å². The molecular formula is C43H63F6N11O15. The maximum atomic E-state index is 14.1. The number of nitrogens with two attached hydrogens (primary N) is 2. The number of carbonyl (C=O) groups excluding carboxylic acids is 9. The highest BCUT2D eigenvalue weighted by Crippen LogP contribution is 2.18. The zero-order valence-electron chi connectivity index (χ0n) is 41.1. The lowest BCUT2D eigenvalue weighted by Crippen LogP contribution is -2.61. The number of halogens is 6. The molecule has 0 bridgehead atoms. The average molecular weight is 1090 g/mol. The lowest BCUT2D eigenvalue weighted by atomic mass is 9.98. The quantitative estimate of drug-likeness (QED) is 0.0117. The van der Waals surface area contributed by atoms with Crippen LogP contribution in [0.25, 0.3) is 0 Å². The minimum absolute atomic E-state index is 0.0255. The standard InChI is InChI=1S/C43H63F6N11O15/c1-19(2)14-24(58-36(68)29(50)31(63)20(3)4)33(65)56-23(12-9-13-53-41(51)52)32(64)57-25(15-22-10-7-6-8-11-22)34(66)60-30(21(5)61)37(69)54-16-28(62)55-26(17-74-39(72)42(44,45)46)35(67)59-27(38(70)71)18-75-40(73)43(47,48)49/h6-8,10-11,19-21,23-27,29-31,61,63H,9,12-18,50H2,1-5H3,(H,54,69)(H,55,62)(H,56,65)(H,57,64)(H,58,68)(H,59,67)(H,60,66)(H,70,71)(H4,51,52,53)/t21-,23+,24-,25-,26-,27-,29-,30-,31+/m0/s1. The van der Waals surface area contributed by atoms with Gasteiger partial charge in [-0.25, -0.2) is 14.4 Å². The Morgan fingerprint density at radius 1 is 0.640 bits per heavy atom. The molecule has 0 radical (unpaired) electrons. The van der Waals surface area contributed by atoms with Crippen LogP contribution in [0.4, 0.5) is 26.3 Å². The molecular weight excluding hydrogens is 1020 g/mol. The van der Waals surface area contributed by atoms with E-state index in [2.05, 4.69) is 36.1 Å². The number of amides is 7. The molecule has 26 nitrogen and oxygen atoms in total. The first-order valence-corrected chi connectivity index (χ1v) is 22.7. The summed E-state index contributed by atoms with van der Waals surface area (Å²) in [5.74, 6) is -17.6. The van der Waals surface area contributed by atoms with Gasteiger partial charge in [0.05, 0.1) is 18.8 Å². The highest BCUT2D eigenvalue weighted by Gasteiger charge is 2.44. The molecule has 1 aromatic rings. The number of carboxylic acids is 1. The van der Waals surface area contributed by atoms with Gasteiger partial charge >= 0.3 is 30.3 Å². The number of nitrogens with one attached hydrogen (secondary N) is 9. The van der Waals surface area contributed by atoms with Crippen LogP contribution in [0.15, 0.2) is 30.3 Å². The number of rotatable bonds is 30. The van der Waals surface area contributed by atoms with E-state index in [1.54, 1.807) is 63.3 Å². The zero-order valence-corrected chi connectivity index (χ0v) is 41.1. The van der Waals surface area contributed by atoms with Crippen molar-refractivity contribution in [2.75, 3.05) is 26.3 Å². The molecule has 0 saturated carbocycles. The van der Waals surface area contributed by atoms with Gasteiger partial charge in [0.1, 0.15) is 49.5 Å². The van der Waals surface area contributed by atoms with Crippen LogP contribution in [-0.2, 0) is 63.8 Å². The van der Waals surface area contributed by atoms with Crippen LogP contribution < -0.4 is 54.0 Å². The minimum atomic E-state index is -5.67. The van der Waals surface area contributed by atoms with Crippen molar-refractivity contribution in [2.45, 2.75) is 127 Å². The smallest absolute Gasteiger partial charge is 0.480 e. The first kappa shape index (κ1) is 65.7. The third-order valence-corrected chi connectivity index (χ3v) is 10.2. The van der Waals surface area contributed by atoms with Gasteiger partial charge in [0.15, 0.2) is 12.0 Å². The number of aliphatic carboxylic acids is 1. The van der Waals surface area contributed by atoms with Crippen LogP contribution in [0.2, 0.25) is 0 Å². The number of carbonyl (C=O) groups is 10. The number of benzene rings is 1. The van der Waals surface area contributed by atoms with Gasteiger partial charge in [0.2, 0.25) is 41.4 Å². The van der Waals surface area contributed by atoms with E-state index in [1.165, 1.54) is 5.32 Å². The van der Waals surface area contributed by atoms with Crippen LogP contribution >= 0.6 is 0 Å². The molecule has 0 saturated heterocycles. The second kappa shape index (κ2) is 30.8. The Morgan fingerprint density at radius 3 is 1.61 bits per heavy atom. The predicted octanol–water partition coefficient (Wildman–Crippen LogP) is -3.42. The van der Waals surface area contributed by atoms with Gasteiger partial charge in [-0.1, -0.05) is 58.0 Å². The van der Waals surface area contributed by atoms with Crippen molar-refractivity contribution in [3.63, 3.8) is 0 Å². The molecule has 7 amide bonds. The molecule has 75 heavy (non-hydrogen) atoms. The third-order valence-electron chi connectivity index (χ3n) is 10.2. The van der Waals surface area contributed by atoms with Crippen LogP contribution in [0.1, 0.15) is 59.4 Å². The Kier molecular flexibility index (Phi) is 26.9. The van der Waals surface area contributed by atoms with E-state index in [1.807, 2.05) is 5.32 Å². The molecule has 422 valence electrons. The van der Waals surface area contributed by atoms with Gasteiger partial charge in [-0.2, -0.15) is 26.3 Å². The van der Waals surface area contributed by atoms with Crippen molar-refractivity contribution >= 4 is 65.2 Å². The van der Waals surface area contributed by atoms with Gasteiger partial charge in [-0.05, 0) is 43.6 Å². The highest BCUT2D eigenvalue weighted by molar-refractivity contribution is 5.97. The summed E-state index contributed by atoms with van der Waals surface area (Å²) in [6.07, 6.45) is -14.8. The van der Waals surface area contributed by atoms with Crippen LogP contribution in [0.5, 0.6) is 0 Å². The first-order valence-electron chi connectivity index (χ1n) is 22.7. The molecule has 0 heterocycles. The molecule has 16 N–H and O–H groups in total. The van der Waals surface area contributed by atoms with Crippen molar-refractivity contribution in [1.29, 1.82) is 5.41 Å². The fourth-order valence-corrected chi connectivity index (χ4v) is 6.24. The number of hydrogen-bond donors (Lipinski definition) is 14. The summed E-state index contributed by atoms with van der Waals surface area (Å²) in [5, 5.41) is 55.2. The summed E-state index contributed by atoms with van der Waals surface area (Å²) < 4.78 is 84.1. The Labute approximate surface area is 424 Å². The van der Waals surface area contributed by atoms with Crippen molar-refractivity contribution in [3.8, 4) is 0 Å². The van der Waals surface area contributed by atoms with E-state index in [0.29, 0.717) is 5.56 Å². The zero-order chi connectivity index (χ0) is 57.5. The molecule has 0 unspecified atom stereocenters. The number of ether oxygens (including phenoxy) is 2. The van der Waals surface area contributed by atoms with Gasteiger partial charge in [0.25, 0.3) is 0 Å². The summed E-state index contributed by atoms with van der Waals surface area (Å²) in [4.78, 5) is 128. The summed E-state index contributed by atoms with van der Waals surface area (Å²) in [7, 11) is 0. The molecule has 0 spiro atoms. The Morgan fingerprint density at radius 2 is 1.12 bits per heavy atom. The van der Waals surface area contributed by atoms with Gasteiger partial charge in [-0.3, -0.25) is 39.0 Å². The fraction of sp³-hybridized carbons (Fsp3) is 0.605. The maximum Gasteiger partial charge on any atom is 0.490 e. The molecule has 0 fully saturated rings. The number of aliphatic hydroxyl groups excluding tert-OH is 2. The van der Waals surface area contributed by atoms with Gasteiger partial charge in [0, 0.05) is 13.0 Å². The van der Waals surface area contributed by atoms with Gasteiger partial charge in [-0.15, -0.1) is 0 Å².